The number of Topliss-reactive ketones (excluding diaryl/α,β-unsaturated/α-hetero) is 1. The predicted octanol–water partition coefficient (Wildman–Crippen LogP) is 3.52. The number of carbonyl (C=O) groups excluding carboxylic acids is 1. The molecule has 0 fully saturated rings. The number of hydrogen-bond acceptors (Lipinski definition) is 3. The lowest BCUT2D eigenvalue weighted by molar-refractivity contribution is 0.0956. The topological polar surface area (TPSA) is 37.4 Å². The summed E-state index contributed by atoms with van der Waals surface area (Å²) < 4.78 is 11.9. The van der Waals surface area contributed by atoms with Crippen LogP contribution in [0.15, 0.2) is 59.5 Å². The van der Waals surface area contributed by atoms with Gasteiger partial charge >= 0.3 is 0 Å². The first-order chi connectivity index (χ1) is 10.3. The molecule has 0 N–H and O–H groups in total. The van der Waals surface area contributed by atoms with Crippen LogP contribution in [0.25, 0.3) is 0 Å². The SMILES string of the molecule is CN(C)c1ccc(S(=O)C(C)(C)C(=O)c2ccccc2)cc1. The van der Waals surface area contributed by atoms with Gasteiger partial charge in [-0.3, -0.25) is 9.00 Å². The van der Waals surface area contributed by atoms with Gasteiger partial charge in [-0.1, -0.05) is 30.3 Å². The molecule has 0 spiro atoms. The molecular formula is C18H21NO2S. The van der Waals surface area contributed by atoms with Gasteiger partial charge in [-0.05, 0) is 38.1 Å². The highest BCUT2D eigenvalue weighted by Crippen LogP contribution is 2.26. The average molecular weight is 315 g/mol. The second-order valence-electron chi connectivity index (χ2n) is 5.86. The van der Waals surface area contributed by atoms with Crippen molar-refractivity contribution in [2.75, 3.05) is 19.0 Å². The fraction of sp³-hybridized carbons (Fsp3) is 0.278. The van der Waals surface area contributed by atoms with Gasteiger partial charge in [0.2, 0.25) is 0 Å². The van der Waals surface area contributed by atoms with E-state index in [1.54, 1.807) is 26.0 Å². The minimum atomic E-state index is -1.41. The van der Waals surface area contributed by atoms with Crippen LogP contribution in [0.4, 0.5) is 5.69 Å². The Morgan fingerprint density at radius 1 is 0.955 bits per heavy atom. The zero-order chi connectivity index (χ0) is 16.3. The summed E-state index contributed by atoms with van der Waals surface area (Å²) in [6, 6.07) is 16.5. The third-order valence-electron chi connectivity index (χ3n) is 3.61. The highest BCUT2D eigenvalue weighted by molar-refractivity contribution is 7.87. The van der Waals surface area contributed by atoms with Crippen molar-refractivity contribution in [2.24, 2.45) is 0 Å². The van der Waals surface area contributed by atoms with E-state index in [0.29, 0.717) is 10.5 Å². The van der Waals surface area contributed by atoms with Gasteiger partial charge in [0.05, 0.1) is 10.8 Å². The molecule has 0 aliphatic carbocycles. The lowest BCUT2D eigenvalue weighted by Gasteiger charge is -2.23. The Bertz CT molecular complexity index is 676. The minimum absolute atomic E-state index is 0.108. The Hall–Kier alpha value is -1.94. The first-order valence-electron chi connectivity index (χ1n) is 7.13. The molecule has 0 aliphatic heterocycles. The Morgan fingerprint density at radius 2 is 1.50 bits per heavy atom. The molecule has 116 valence electrons. The van der Waals surface area contributed by atoms with Crippen LogP contribution in [0.3, 0.4) is 0 Å². The molecule has 4 heteroatoms. The molecule has 2 aromatic carbocycles. The normalized spacial score (nSPS) is 12.7. The number of carbonyl (C=O) groups is 1. The molecule has 0 bridgehead atoms. The monoisotopic (exact) mass is 315 g/mol. The van der Waals surface area contributed by atoms with Crippen molar-refractivity contribution in [2.45, 2.75) is 23.5 Å². The Morgan fingerprint density at radius 3 is 2.00 bits per heavy atom. The van der Waals surface area contributed by atoms with Crippen molar-refractivity contribution in [3.63, 3.8) is 0 Å². The van der Waals surface area contributed by atoms with E-state index in [0.717, 1.165) is 5.69 Å². The molecule has 0 saturated carbocycles. The summed E-state index contributed by atoms with van der Waals surface area (Å²) >= 11 is 0. The van der Waals surface area contributed by atoms with E-state index >= 15 is 0 Å². The van der Waals surface area contributed by atoms with Crippen molar-refractivity contribution in [1.29, 1.82) is 0 Å². The maximum Gasteiger partial charge on any atom is 0.181 e. The first kappa shape index (κ1) is 16.4. The first-order valence-corrected chi connectivity index (χ1v) is 8.28. The van der Waals surface area contributed by atoms with Gasteiger partial charge in [-0.15, -0.1) is 0 Å². The number of ketones is 1. The summed E-state index contributed by atoms with van der Waals surface area (Å²) in [6.45, 7) is 3.47. The third-order valence-corrected chi connectivity index (χ3v) is 5.43. The molecule has 0 radical (unpaired) electrons. The lowest BCUT2D eigenvalue weighted by atomic mass is 10.0. The Balaban J connectivity index is 2.28. The second kappa shape index (κ2) is 6.44. The van der Waals surface area contributed by atoms with Gasteiger partial charge in [-0.25, -0.2) is 0 Å². The number of nitrogens with zero attached hydrogens (tertiary/aromatic N) is 1. The number of rotatable bonds is 5. The van der Waals surface area contributed by atoms with Crippen LogP contribution < -0.4 is 4.90 Å². The maximum atomic E-state index is 12.8. The molecule has 3 nitrogen and oxygen atoms in total. The van der Waals surface area contributed by atoms with Crippen molar-refractivity contribution in [3.05, 3.63) is 60.2 Å². The molecular weight excluding hydrogens is 294 g/mol. The van der Waals surface area contributed by atoms with E-state index in [4.69, 9.17) is 0 Å². The zero-order valence-corrected chi connectivity index (χ0v) is 14.2. The van der Waals surface area contributed by atoms with Crippen LogP contribution in [-0.2, 0) is 10.8 Å². The standard InChI is InChI=1S/C18H21NO2S/c1-18(2,17(20)14-8-6-5-7-9-14)22(21)16-12-10-15(11-13-16)19(3)4/h5-13H,1-4H3. The quantitative estimate of drug-likeness (QED) is 0.792. The smallest absolute Gasteiger partial charge is 0.181 e. The summed E-state index contributed by atoms with van der Waals surface area (Å²) in [5, 5.41) is 0. The number of anilines is 1. The van der Waals surface area contributed by atoms with Gasteiger partial charge in [0.1, 0.15) is 4.75 Å². The number of hydrogen-bond donors (Lipinski definition) is 0. The average Bonchev–Trinajstić information content (AvgIpc) is 2.54. The molecule has 22 heavy (non-hydrogen) atoms. The van der Waals surface area contributed by atoms with Crippen LogP contribution in [0.1, 0.15) is 24.2 Å². The second-order valence-corrected chi connectivity index (χ2v) is 7.89. The molecule has 2 rings (SSSR count). The summed E-state index contributed by atoms with van der Waals surface area (Å²) in [5.41, 5.74) is 1.62. The van der Waals surface area contributed by atoms with Crippen LogP contribution in [0.2, 0.25) is 0 Å². The fourth-order valence-electron chi connectivity index (χ4n) is 2.18. The van der Waals surface area contributed by atoms with E-state index in [1.807, 2.05) is 61.5 Å². The zero-order valence-electron chi connectivity index (χ0n) is 13.4. The third kappa shape index (κ3) is 3.28. The molecule has 1 unspecified atom stereocenters. The Kier molecular flexibility index (Phi) is 4.81. The van der Waals surface area contributed by atoms with Crippen LogP contribution in [-0.4, -0.2) is 28.8 Å². The number of benzene rings is 2. The minimum Gasteiger partial charge on any atom is -0.378 e. The summed E-state index contributed by atoms with van der Waals surface area (Å²) in [5.74, 6) is -0.108. The van der Waals surface area contributed by atoms with E-state index in [2.05, 4.69) is 0 Å². The van der Waals surface area contributed by atoms with Crippen LogP contribution in [0.5, 0.6) is 0 Å². The molecule has 0 aromatic heterocycles. The molecule has 2 aromatic rings. The van der Waals surface area contributed by atoms with Gasteiger partial charge in [0.15, 0.2) is 5.78 Å². The lowest BCUT2D eigenvalue weighted by Crippen LogP contribution is -2.36. The van der Waals surface area contributed by atoms with Crippen molar-refractivity contribution in [3.8, 4) is 0 Å². The highest BCUT2D eigenvalue weighted by atomic mass is 32.2. The van der Waals surface area contributed by atoms with Crippen molar-refractivity contribution < 1.29 is 9.00 Å². The van der Waals surface area contributed by atoms with E-state index in [9.17, 15) is 9.00 Å². The molecule has 0 saturated heterocycles. The molecule has 0 heterocycles. The van der Waals surface area contributed by atoms with Gasteiger partial charge in [-0.2, -0.15) is 0 Å². The molecule has 1 atom stereocenters. The summed E-state index contributed by atoms with van der Waals surface area (Å²) in [6.07, 6.45) is 0. The van der Waals surface area contributed by atoms with Gasteiger partial charge in [0.25, 0.3) is 0 Å². The van der Waals surface area contributed by atoms with Crippen molar-refractivity contribution in [1.82, 2.24) is 0 Å². The van der Waals surface area contributed by atoms with E-state index in [1.165, 1.54) is 0 Å². The van der Waals surface area contributed by atoms with Crippen molar-refractivity contribution >= 4 is 22.3 Å². The van der Waals surface area contributed by atoms with Gasteiger partial charge < -0.3 is 4.90 Å². The predicted molar refractivity (Wildman–Crippen MR) is 92.0 cm³/mol. The summed E-state index contributed by atoms with van der Waals surface area (Å²) in [4.78, 5) is 15.3. The van der Waals surface area contributed by atoms with E-state index in [-0.39, 0.29) is 5.78 Å². The highest BCUT2D eigenvalue weighted by Gasteiger charge is 2.36. The van der Waals surface area contributed by atoms with Crippen LogP contribution >= 0.6 is 0 Å². The molecule has 0 amide bonds. The summed E-state index contributed by atoms with van der Waals surface area (Å²) in [7, 11) is 2.49. The van der Waals surface area contributed by atoms with E-state index < -0.39 is 15.5 Å². The van der Waals surface area contributed by atoms with Gasteiger partial charge in [0, 0.05) is 30.2 Å². The van der Waals surface area contributed by atoms with Crippen LogP contribution in [0, 0.1) is 0 Å². The molecule has 0 aliphatic rings. The maximum absolute atomic E-state index is 12.8. The Labute approximate surface area is 134 Å². The largest absolute Gasteiger partial charge is 0.378 e. The fourth-order valence-corrected chi connectivity index (χ4v) is 3.44.